The topological polar surface area (TPSA) is 106 Å². The summed E-state index contributed by atoms with van der Waals surface area (Å²) in [4.78, 5) is 32.4. The normalized spacial score (nSPS) is 11.5. The molecule has 0 atom stereocenters. The van der Waals surface area contributed by atoms with Crippen LogP contribution in [0.5, 0.6) is 0 Å². The average Bonchev–Trinajstić information content (AvgIpc) is 3.70. The van der Waals surface area contributed by atoms with Crippen LogP contribution in [0.25, 0.3) is 130 Å². The molecule has 0 saturated carbocycles. The van der Waals surface area contributed by atoms with Gasteiger partial charge in [-0.3, -0.25) is 9.97 Å². The van der Waals surface area contributed by atoms with E-state index in [0.717, 1.165) is 81.8 Å². The van der Waals surface area contributed by atoms with E-state index in [0.29, 0.717) is 0 Å². The van der Waals surface area contributed by atoms with Crippen molar-refractivity contribution in [1.29, 1.82) is 0 Å². The first-order valence-electron chi connectivity index (χ1n) is 26.8. The fourth-order valence-corrected chi connectivity index (χ4v) is 11.1. The van der Waals surface area contributed by atoms with Crippen molar-refractivity contribution < 1.29 is 18.3 Å². The van der Waals surface area contributed by atoms with Crippen LogP contribution in [-0.4, -0.2) is 34.9 Å². The maximum atomic E-state index is 4.80. The van der Waals surface area contributed by atoms with Crippen molar-refractivity contribution in [2.45, 2.75) is 27.7 Å². The summed E-state index contributed by atoms with van der Waals surface area (Å²) in [6.45, 7) is 8.47. The Balaban J connectivity index is 0.000000101. The van der Waals surface area contributed by atoms with E-state index in [9.17, 15) is 0 Å². The van der Waals surface area contributed by atoms with E-state index in [1.807, 2.05) is 116 Å². The highest BCUT2D eigenvalue weighted by Crippen LogP contribution is 2.33. The standard InChI is InChI=1S/C18H15N2.3C17H14N3/c1-12-14-9-10-16-15-6-4-3-5-13(15)7-8-17(16)18(14)19-11-20(12)2;1-11-12-7-8-13-14-5-3-4-6-16(14)18-9-15(13)17(12)19-10-20(11)2;1-11-13-7-8-15-14-6-4-3-5-12(14)9-18-17(15)16(13)19-10-20(11)2;1-11-14-8-7-13-9-12-5-3-4-6-15(12)19-16(13)17(14)18-10-20(11)2/h3-11H,1-2H3;3*3-10H,1-2H3/q4*+1. The van der Waals surface area contributed by atoms with E-state index in [2.05, 4.69) is 190 Å². The predicted molar refractivity (Wildman–Crippen MR) is 324 cm³/mol. The molecule has 0 aliphatic carbocycles. The molecule has 0 amide bonds. The Bertz CT molecular complexity index is 4710. The van der Waals surface area contributed by atoms with Crippen molar-refractivity contribution in [3.63, 3.8) is 0 Å². The number of rotatable bonds is 0. The molecule has 16 aromatic rings. The second kappa shape index (κ2) is 20.0. The molecule has 0 aliphatic heterocycles. The van der Waals surface area contributed by atoms with Crippen LogP contribution in [0, 0.1) is 27.7 Å². The smallest absolute Gasteiger partial charge is 0.255 e. The lowest BCUT2D eigenvalue weighted by Crippen LogP contribution is -2.32. The van der Waals surface area contributed by atoms with Gasteiger partial charge in [0.05, 0.1) is 66.2 Å². The lowest BCUT2D eigenvalue weighted by Gasteiger charge is -2.06. The molecule has 0 radical (unpaired) electrons. The van der Waals surface area contributed by atoms with Crippen LogP contribution < -0.4 is 18.3 Å². The van der Waals surface area contributed by atoms with Crippen molar-refractivity contribution in [3.05, 3.63) is 224 Å². The first kappa shape index (κ1) is 49.4. The number of pyridine rings is 3. The summed E-state index contributed by atoms with van der Waals surface area (Å²) in [5.74, 6) is 0. The molecule has 16 rings (SSSR count). The van der Waals surface area contributed by atoms with Gasteiger partial charge in [-0.2, -0.15) is 0 Å². The van der Waals surface area contributed by atoms with Gasteiger partial charge in [0.25, 0.3) is 25.3 Å². The van der Waals surface area contributed by atoms with Gasteiger partial charge in [-0.1, -0.05) is 115 Å². The predicted octanol–water partition coefficient (Wildman–Crippen LogP) is 12.9. The Morgan fingerprint density at radius 2 is 0.637 bits per heavy atom. The minimum Gasteiger partial charge on any atom is -0.255 e. The number of nitrogens with zero attached hydrogens (tertiary/aromatic N) is 11. The molecular formula is C69H57N11+4. The number of aromatic nitrogens is 11. The van der Waals surface area contributed by atoms with Crippen molar-refractivity contribution in [1.82, 2.24) is 34.9 Å². The lowest BCUT2D eigenvalue weighted by molar-refractivity contribution is -0.679. The molecule has 0 unspecified atom stereocenters. The summed E-state index contributed by atoms with van der Waals surface area (Å²) < 4.78 is 8.18. The largest absolute Gasteiger partial charge is 0.286 e. The van der Waals surface area contributed by atoms with E-state index in [1.165, 1.54) is 71.3 Å². The van der Waals surface area contributed by atoms with Gasteiger partial charge in [-0.25, -0.2) is 23.3 Å². The Kier molecular flexibility index (Phi) is 12.4. The molecule has 11 nitrogen and oxygen atoms in total. The van der Waals surface area contributed by atoms with E-state index in [-0.39, 0.29) is 0 Å². The van der Waals surface area contributed by atoms with Crippen LogP contribution in [0.2, 0.25) is 0 Å². The van der Waals surface area contributed by atoms with E-state index >= 15 is 0 Å². The minimum atomic E-state index is 0.976. The van der Waals surface area contributed by atoms with Crippen LogP contribution in [0.1, 0.15) is 22.8 Å². The summed E-state index contributed by atoms with van der Waals surface area (Å²) in [6.07, 6.45) is 11.3. The van der Waals surface area contributed by atoms with Crippen LogP contribution >= 0.6 is 0 Å². The maximum Gasteiger partial charge on any atom is 0.286 e. The Hall–Kier alpha value is -10.1. The Morgan fingerprint density at radius 1 is 0.250 bits per heavy atom. The number of para-hydroxylation sites is 2. The van der Waals surface area contributed by atoms with Gasteiger partial charge in [0.15, 0.2) is 11.0 Å². The molecule has 11 heteroatoms. The fourth-order valence-electron chi connectivity index (χ4n) is 11.1. The molecule has 80 heavy (non-hydrogen) atoms. The molecular weight excluding hydrogens is 983 g/mol. The summed E-state index contributed by atoms with van der Waals surface area (Å²) in [7, 11) is 8.08. The van der Waals surface area contributed by atoms with Gasteiger partial charge < -0.3 is 0 Å². The van der Waals surface area contributed by atoms with Gasteiger partial charge in [0.1, 0.15) is 33.8 Å². The fraction of sp³-hybridized carbons (Fsp3) is 0.116. The lowest BCUT2D eigenvalue weighted by atomic mass is 9.99. The number of benzene rings is 9. The summed E-state index contributed by atoms with van der Waals surface area (Å²) in [6, 6.07) is 57.1. The third kappa shape index (κ3) is 8.51. The number of aryl methyl sites for hydroxylation is 8. The zero-order valence-corrected chi connectivity index (χ0v) is 46.0. The molecule has 0 N–H and O–H groups in total. The monoisotopic (exact) mass is 1040 g/mol. The molecule has 0 spiro atoms. The zero-order valence-electron chi connectivity index (χ0n) is 46.0. The van der Waals surface area contributed by atoms with Gasteiger partial charge >= 0.3 is 0 Å². The van der Waals surface area contributed by atoms with Crippen molar-refractivity contribution in [2.24, 2.45) is 28.2 Å². The van der Waals surface area contributed by atoms with E-state index in [1.54, 1.807) is 0 Å². The van der Waals surface area contributed by atoms with Gasteiger partial charge in [0, 0.05) is 44.7 Å². The Labute approximate surface area is 461 Å². The quantitative estimate of drug-likeness (QED) is 0.0846. The van der Waals surface area contributed by atoms with Crippen LogP contribution in [-0.2, 0) is 28.2 Å². The third-order valence-electron chi connectivity index (χ3n) is 16.2. The third-order valence-corrected chi connectivity index (χ3v) is 16.2. The summed E-state index contributed by atoms with van der Waals surface area (Å²) in [5, 5.41) is 19.1. The van der Waals surface area contributed by atoms with Crippen molar-refractivity contribution in [2.75, 3.05) is 0 Å². The van der Waals surface area contributed by atoms with Crippen molar-refractivity contribution >= 4 is 130 Å². The summed E-state index contributed by atoms with van der Waals surface area (Å²) in [5.41, 5.74) is 12.9. The second-order valence-electron chi connectivity index (χ2n) is 20.7. The van der Waals surface area contributed by atoms with Gasteiger partial charge in [-0.05, 0) is 123 Å². The molecule has 0 saturated heterocycles. The zero-order chi connectivity index (χ0) is 54.8. The molecule has 7 aromatic heterocycles. The highest BCUT2D eigenvalue weighted by Gasteiger charge is 2.18. The van der Waals surface area contributed by atoms with Crippen LogP contribution in [0.4, 0.5) is 0 Å². The average molecular weight is 1040 g/mol. The molecule has 0 bridgehead atoms. The highest BCUT2D eigenvalue weighted by atomic mass is 15.0. The van der Waals surface area contributed by atoms with Gasteiger partial charge in [0.2, 0.25) is 11.0 Å². The Morgan fingerprint density at radius 3 is 1.26 bits per heavy atom. The summed E-state index contributed by atoms with van der Waals surface area (Å²) >= 11 is 0. The molecule has 9 aromatic carbocycles. The maximum absolute atomic E-state index is 4.80. The second-order valence-corrected chi connectivity index (χ2v) is 20.7. The number of hydrogen-bond acceptors (Lipinski definition) is 7. The SMILES string of the molecule is Cc1c2ccc3c4ccccc4ccc3c2nc[n+]1C.Cc1c2ccc3c4ccccc4cnc3c2nc[n+]1C.Cc1c2ccc3c4ccccc4ncc3c2nc[n+]1C.Cc1c2ccc3cc4ccccc4nc3c2nc[n+]1C. The van der Waals surface area contributed by atoms with E-state index < -0.39 is 0 Å². The number of hydrogen-bond donors (Lipinski definition) is 0. The van der Waals surface area contributed by atoms with Crippen LogP contribution in [0.15, 0.2) is 201 Å². The first-order valence-corrected chi connectivity index (χ1v) is 26.8. The molecule has 7 heterocycles. The van der Waals surface area contributed by atoms with Crippen molar-refractivity contribution in [3.8, 4) is 0 Å². The van der Waals surface area contributed by atoms with Gasteiger partial charge in [-0.15, -0.1) is 0 Å². The highest BCUT2D eigenvalue weighted by molar-refractivity contribution is 6.17. The molecule has 0 aliphatic rings. The number of fused-ring (bicyclic) bond motifs is 19. The molecule has 384 valence electrons. The molecule has 0 fully saturated rings. The van der Waals surface area contributed by atoms with Crippen LogP contribution in [0.3, 0.4) is 0 Å². The minimum absolute atomic E-state index is 0.976. The first-order chi connectivity index (χ1) is 39.0. The van der Waals surface area contributed by atoms with E-state index in [4.69, 9.17) is 4.98 Å².